The predicted octanol–water partition coefficient (Wildman–Crippen LogP) is 1.88. The highest BCUT2D eigenvalue weighted by Crippen LogP contribution is 2.33. The second-order valence-corrected chi connectivity index (χ2v) is 5.37. The first kappa shape index (κ1) is 14.6. The smallest absolute Gasteiger partial charge is 0.311 e. The van der Waals surface area contributed by atoms with E-state index in [2.05, 4.69) is 10.3 Å². The van der Waals surface area contributed by atoms with Crippen LogP contribution in [0.5, 0.6) is 0 Å². The Kier molecular flexibility index (Phi) is 4.11. The van der Waals surface area contributed by atoms with E-state index < -0.39 is 11.4 Å². The quantitative estimate of drug-likeness (QED) is 0.796. The van der Waals surface area contributed by atoms with Crippen molar-refractivity contribution < 1.29 is 9.90 Å². The Morgan fingerprint density at radius 3 is 2.65 bits per heavy atom. The third-order valence-electron chi connectivity index (χ3n) is 4.21. The summed E-state index contributed by atoms with van der Waals surface area (Å²) in [6.07, 6.45) is 6.33. The summed E-state index contributed by atoms with van der Waals surface area (Å²) in [5.74, 6) is -0.597. The molecule has 2 rings (SSSR count). The molecular weight excluding hydrogens is 258 g/mol. The predicted molar refractivity (Wildman–Crippen MR) is 75.9 cm³/mol. The lowest BCUT2D eigenvalue weighted by atomic mass is 9.82. The third-order valence-corrected chi connectivity index (χ3v) is 4.21. The second-order valence-electron chi connectivity index (χ2n) is 5.37. The van der Waals surface area contributed by atoms with Crippen LogP contribution in [0.4, 0.5) is 5.82 Å². The van der Waals surface area contributed by atoms with Gasteiger partial charge in [0.25, 0.3) is 5.56 Å². The molecule has 6 nitrogen and oxygen atoms in total. The van der Waals surface area contributed by atoms with Gasteiger partial charge in [-0.15, -0.1) is 0 Å². The van der Waals surface area contributed by atoms with E-state index in [1.54, 1.807) is 17.0 Å². The Balaban J connectivity index is 2.16. The second kappa shape index (κ2) is 5.64. The summed E-state index contributed by atoms with van der Waals surface area (Å²) in [6, 6.07) is 0.285. The highest BCUT2D eigenvalue weighted by atomic mass is 16.4. The lowest BCUT2D eigenvalue weighted by Gasteiger charge is -2.26. The monoisotopic (exact) mass is 279 g/mol. The number of aromatic nitrogens is 2. The molecule has 0 radical (unpaired) electrons. The van der Waals surface area contributed by atoms with Crippen LogP contribution in [0.3, 0.4) is 0 Å². The van der Waals surface area contributed by atoms with E-state index in [-0.39, 0.29) is 24.0 Å². The normalized spacial score (nSPS) is 15.1. The maximum Gasteiger partial charge on any atom is 0.311 e. The molecule has 20 heavy (non-hydrogen) atoms. The number of aliphatic carboxylic acids is 1. The van der Waals surface area contributed by atoms with Crippen molar-refractivity contribution in [2.45, 2.75) is 45.6 Å². The summed E-state index contributed by atoms with van der Waals surface area (Å²) < 4.78 is 1.68. The zero-order valence-electron chi connectivity index (χ0n) is 11.9. The van der Waals surface area contributed by atoms with E-state index in [0.717, 1.165) is 12.8 Å². The first-order valence-electron chi connectivity index (χ1n) is 7.08. The number of carboxylic acids is 1. The maximum absolute atomic E-state index is 12.2. The minimum Gasteiger partial charge on any atom is -0.481 e. The molecule has 1 fully saturated rings. The van der Waals surface area contributed by atoms with Gasteiger partial charge in [-0.05, 0) is 25.7 Å². The molecule has 110 valence electrons. The van der Waals surface area contributed by atoms with Crippen LogP contribution in [0.15, 0.2) is 17.2 Å². The summed E-state index contributed by atoms with van der Waals surface area (Å²) in [5.41, 5.74) is -1.02. The van der Waals surface area contributed by atoms with Gasteiger partial charge in [-0.3, -0.25) is 9.59 Å². The van der Waals surface area contributed by atoms with E-state index in [1.807, 2.05) is 13.8 Å². The zero-order valence-corrected chi connectivity index (χ0v) is 11.9. The molecule has 6 heteroatoms. The van der Waals surface area contributed by atoms with Crippen molar-refractivity contribution >= 4 is 11.8 Å². The standard InChI is InChI=1S/C14H21N3O3/c1-3-14(4-2,13(19)20)9-16-11-12(18)17(8-7-15-11)10-5-6-10/h7-8,10H,3-6,9H2,1-2H3,(H,15,16)(H,19,20). The van der Waals surface area contributed by atoms with Crippen LogP contribution in [0.1, 0.15) is 45.6 Å². The fourth-order valence-electron chi connectivity index (χ4n) is 2.32. The average molecular weight is 279 g/mol. The van der Waals surface area contributed by atoms with Crippen molar-refractivity contribution in [1.82, 2.24) is 9.55 Å². The Hall–Kier alpha value is -1.85. The number of nitrogens with one attached hydrogen (secondary N) is 1. The van der Waals surface area contributed by atoms with E-state index in [1.165, 1.54) is 0 Å². The topological polar surface area (TPSA) is 84.2 Å². The van der Waals surface area contributed by atoms with Crippen LogP contribution in [-0.2, 0) is 4.79 Å². The summed E-state index contributed by atoms with van der Waals surface area (Å²) in [5, 5.41) is 12.3. The van der Waals surface area contributed by atoms with Crippen LogP contribution >= 0.6 is 0 Å². The van der Waals surface area contributed by atoms with Crippen molar-refractivity contribution in [2.24, 2.45) is 5.41 Å². The molecule has 0 saturated heterocycles. The summed E-state index contributed by atoms with van der Waals surface area (Å²) in [6.45, 7) is 3.91. The van der Waals surface area contributed by atoms with Gasteiger partial charge in [0.05, 0.1) is 5.41 Å². The molecule has 0 spiro atoms. The van der Waals surface area contributed by atoms with Gasteiger partial charge in [-0.1, -0.05) is 13.8 Å². The van der Waals surface area contributed by atoms with Crippen molar-refractivity contribution in [2.75, 3.05) is 11.9 Å². The number of anilines is 1. The highest BCUT2D eigenvalue weighted by Gasteiger charge is 2.35. The molecule has 1 aliphatic rings. The summed E-state index contributed by atoms with van der Waals surface area (Å²) >= 11 is 0. The largest absolute Gasteiger partial charge is 0.481 e. The molecule has 0 aliphatic heterocycles. The minimum absolute atomic E-state index is 0.165. The molecule has 1 saturated carbocycles. The van der Waals surface area contributed by atoms with E-state index in [9.17, 15) is 14.7 Å². The molecule has 0 aromatic carbocycles. The zero-order chi connectivity index (χ0) is 14.8. The number of carbonyl (C=O) groups is 1. The Labute approximate surface area is 117 Å². The van der Waals surface area contributed by atoms with E-state index >= 15 is 0 Å². The molecule has 1 aromatic rings. The highest BCUT2D eigenvalue weighted by molar-refractivity contribution is 5.75. The van der Waals surface area contributed by atoms with Crippen LogP contribution < -0.4 is 10.9 Å². The maximum atomic E-state index is 12.2. The first-order chi connectivity index (χ1) is 9.54. The minimum atomic E-state index is -0.853. The number of hydrogen-bond donors (Lipinski definition) is 2. The van der Waals surface area contributed by atoms with Crippen molar-refractivity contribution in [3.05, 3.63) is 22.7 Å². The Morgan fingerprint density at radius 2 is 2.15 bits per heavy atom. The number of rotatable bonds is 7. The van der Waals surface area contributed by atoms with Gasteiger partial charge in [0.15, 0.2) is 5.82 Å². The van der Waals surface area contributed by atoms with Crippen LogP contribution in [0, 0.1) is 5.41 Å². The van der Waals surface area contributed by atoms with Crippen LogP contribution in [-0.4, -0.2) is 27.2 Å². The van der Waals surface area contributed by atoms with Crippen molar-refractivity contribution in [3.8, 4) is 0 Å². The van der Waals surface area contributed by atoms with Gasteiger partial charge in [0.1, 0.15) is 0 Å². The number of hydrogen-bond acceptors (Lipinski definition) is 4. The van der Waals surface area contributed by atoms with Gasteiger partial charge in [-0.2, -0.15) is 0 Å². The van der Waals surface area contributed by atoms with Crippen molar-refractivity contribution in [1.29, 1.82) is 0 Å². The molecule has 2 N–H and O–H groups in total. The summed E-state index contributed by atoms with van der Waals surface area (Å²) in [4.78, 5) is 27.7. The lowest BCUT2D eigenvalue weighted by Crippen LogP contribution is -2.38. The van der Waals surface area contributed by atoms with Crippen LogP contribution in [0.25, 0.3) is 0 Å². The lowest BCUT2D eigenvalue weighted by molar-refractivity contribution is -0.148. The van der Waals surface area contributed by atoms with Gasteiger partial charge < -0.3 is 15.0 Å². The number of nitrogens with zero attached hydrogens (tertiary/aromatic N) is 2. The third kappa shape index (κ3) is 2.69. The van der Waals surface area contributed by atoms with E-state index in [0.29, 0.717) is 12.8 Å². The molecule has 1 heterocycles. The van der Waals surface area contributed by atoms with Crippen LogP contribution in [0.2, 0.25) is 0 Å². The van der Waals surface area contributed by atoms with Gasteiger partial charge >= 0.3 is 5.97 Å². The van der Waals surface area contributed by atoms with Gasteiger partial charge in [0, 0.05) is 25.0 Å². The van der Waals surface area contributed by atoms with Gasteiger partial charge in [-0.25, -0.2) is 4.98 Å². The molecule has 0 atom stereocenters. The van der Waals surface area contributed by atoms with Crippen molar-refractivity contribution in [3.63, 3.8) is 0 Å². The molecule has 0 amide bonds. The SMILES string of the molecule is CCC(CC)(CNc1nccn(C2CC2)c1=O)C(=O)O. The Morgan fingerprint density at radius 1 is 1.50 bits per heavy atom. The number of carboxylic acid groups (broad SMARTS) is 1. The molecular formula is C14H21N3O3. The molecule has 1 aromatic heterocycles. The molecule has 0 unspecified atom stereocenters. The first-order valence-corrected chi connectivity index (χ1v) is 7.08. The fourth-order valence-corrected chi connectivity index (χ4v) is 2.32. The molecule has 0 bridgehead atoms. The Bertz CT molecular complexity index is 545. The summed E-state index contributed by atoms with van der Waals surface area (Å²) in [7, 11) is 0. The average Bonchev–Trinajstić information content (AvgIpc) is 3.26. The van der Waals surface area contributed by atoms with E-state index in [4.69, 9.17) is 0 Å². The fraction of sp³-hybridized carbons (Fsp3) is 0.643. The molecule has 1 aliphatic carbocycles. The van der Waals surface area contributed by atoms with Gasteiger partial charge in [0.2, 0.25) is 0 Å².